The molecule has 0 fully saturated rings. The summed E-state index contributed by atoms with van der Waals surface area (Å²) in [6.07, 6.45) is 2.28. The number of aliphatic carboxylic acids is 1. The summed E-state index contributed by atoms with van der Waals surface area (Å²) in [5.41, 5.74) is 0. The van der Waals surface area contributed by atoms with Crippen LogP contribution in [0.15, 0.2) is 11.4 Å². The van der Waals surface area contributed by atoms with Crippen molar-refractivity contribution in [3.63, 3.8) is 0 Å². The van der Waals surface area contributed by atoms with Gasteiger partial charge in [0, 0.05) is 0 Å². The second kappa shape index (κ2) is 6.88. The van der Waals surface area contributed by atoms with Gasteiger partial charge >= 0.3 is 5.97 Å². The predicted molar refractivity (Wildman–Crippen MR) is 71.2 cm³/mol. The maximum Gasteiger partial charge on any atom is 0.326 e. The third-order valence-corrected chi connectivity index (χ3v) is 4.02. The SMILES string of the molecule is CSCCC(NC(=O)c1sccc1Cl)C(=O)O. The number of thiophene rings is 1. The lowest BCUT2D eigenvalue weighted by atomic mass is 10.2. The zero-order chi connectivity index (χ0) is 12.8. The van der Waals surface area contributed by atoms with Gasteiger partial charge in [0.1, 0.15) is 10.9 Å². The number of halogens is 1. The monoisotopic (exact) mass is 293 g/mol. The molecule has 4 nitrogen and oxygen atoms in total. The number of carboxylic acid groups (broad SMARTS) is 1. The smallest absolute Gasteiger partial charge is 0.326 e. The molecule has 1 aromatic rings. The van der Waals surface area contributed by atoms with E-state index in [0.29, 0.717) is 22.1 Å². The molecule has 17 heavy (non-hydrogen) atoms. The van der Waals surface area contributed by atoms with Gasteiger partial charge in [-0.1, -0.05) is 11.6 Å². The number of carboxylic acids is 1. The number of thioether (sulfide) groups is 1. The highest BCUT2D eigenvalue weighted by Crippen LogP contribution is 2.21. The lowest BCUT2D eigenvalue weighted by Gasteiger charge is -2.13. The van der Waals surface area contributed by atoms with Crippen LogP contribution in [0, 0.1) is 0 Å². The van der Waals surface area contributed by atoms with Crippen LogP contribution in [0.25, 0.3) is 0 Å². The van der Waals surface area contributed by atoms with Crippen molar-refractivity contribution in [2.24, 2.45) is 0 Å². The minimum Gasteiger partial charge on any atom is -0.480 e. The Morgan fingerprint density at radius 3 is 2.82 bits per heavy atom. The fraction of sp³-hybridized carbons (Fsp3) is 0.400. The summed E-state index contributed by atoms with van der Waals surface area (Å²) in [6.45, 7) is 0. The molecule has 1 rings (SSSR count). The number of rotatable bonds is 6. The summed E-state index contributed by atoms with van der Waals surface area (Å²) in [7, 11) is 0. The summed E-state index contributed by atoms with van der Waals surface area (Å²) in [5, 5.41) is 13.5. The van der Waals surface area contributed by atoms with E-state index in [1.807, 2.05) is 6.26 Å². The molecule has 0 bridgehead atoms. The van der Waals surface area contributed by atoms with E-state index in [-0.39, 0.29) is 0 Å². The van der Waals surface area contributed by atoms with Crippen LogP contribution in [0.4, 0.5) is 0 Å². The van der Waals surface area contributed by atoms with E-state index in [9.17, 15) is 9.59 Å². The predicted octanol–water partition coefficient (Wildman–Crippen LogP) is 2.34. The van der Waals surface area contributed by atoms with Gasteiger partial charge in [-0.15, -0.1) is 11.3 Å². The fourth-order valence-corrected chi connectivity index (χ4v) is 2.69. The van der Waals surface area contributed by atoms with Gasteiger partial charge in [-0.05, 0) is 29.9 Å². The zero-order valence-electron chi connectivity index (χ0n) is 9.10. The van der Waals surface area contributed by atoms with Crippen molar-refractivity contribution in [2.75, 3.05) is 12.0 Å². The molecule has 0 saturated carbocycles. The average Bonchev–Trinajstić information content (AvgIpc) is 2.70. The van der Waals surface area contributed by atoms with Gasteiger partial charge in [0.2, 0.25) is 0 Å². The van der Waals surface area contributed by atoms with Crippen LogP contribution in [-0.4, -0.2) is 35.0 Å². The molecule has 1 heterocycles. The van der Waals surface area contributed by atoms with Gasteiger partial charge in [0.25, 0.3) is 5.91 Å². The first-order valence-corrected chi connectivity index (χ1v) is 7.47. The third-order valence-electron chi connectivity index (χ3n) is 2.04. The summed E-state index contributed by atoms with van der Waals surface area (Å²) >= 11 is 8.53. The number of carbonyl (C=O) groups excluding carboxylic acids is 1. The molecule has 0 aliphatic carbocycles. The summed E-state index contributed by atoms with van der Waals surface area (Å²) in [6, 6.07) is 0.742. The van der Waals surface area contributed by atoms with Crippen LogP contribution in [-0.2, 0) is 4.79 Å². The molecule has 0 spiro atoms. The van der Waals surface area contributed by atoms with Crippen molar-refractivity contribution in [3.05, 3.63) is 21.3 Å². The van der Waals surface area contributed by atoms with Crippen LogP contribution >= 0.6 is 34.7 Å². The lowest BCUT2D eigenvalue weighted by molar-refractivity contribution is -0.139. The Bertz CT molecular complexity index is 408. The minimum atomic E-state index is -1.03. The molecule has 7 heteroatoms. The second-order valence-corrected chi connectivity index (χ2v) is 5.55. The molecule has 1 aromatic heterocycles. The normalized spacial score (nSPS) is 12.1. The highest BCUT2D eigenvalue weighted by molar-refractivity contribution is 7.98. The van der Waals surface area contributed by atoms with Crippen LogP contribution in [0.3, 0.4) is 0 Å². The number of hydrogen-bond donors (Lipinski definition) is 2. The van der Waals surface area contributed by atoms with Crippen molar-refractivity contribution >= 4 is 46.6 Å². The Hall–Kier alpha value is -0.720. The molecule has 1 unspecified atom stereocenters. The topological polar surface area (TPSA) is 66.4 Å². The average molecular weight is 294 g/mol. The highest BCUT2D eigenvalue weighted by atomic mass is 35.5. The Morgan fingerprint density at radius 1 is 1.65 bits per heavy atom. The Labute approximate surface area is 112 Å². The van der Waals surface area contributed by atoms with E-state index < -0.39 is 17.9 Å². The molecule has 1 amide bonds. The van der Waals surface area contributed by atoms with Crippen molar-refractivity contribution in [1.82, 2.24) is 5.32 Å². The van der Waals surface area contributed by atoms with Crippen LogP contribution in [0.5, 0.6) is 0 Å². The molecule has 94 valence electrons. The summed E-state index contributed by atoms with van der Waals surface area (Å²) in [5.74, 6) is -0.784. The maximum atomic E-state index is 11.7. The highest BCUT2D eigenvalue weighted by Gasteiger charge is 2.21. The molecule has 0 saturated heterocycles. The first-order valence-electron chi connectivity index (χ1n) is 4.82. The Kier molecular flexibility index (Phi) is 5.80. The van der Waals surface area contributed by atoms with Gasteiger partial charge in [0.15, 0.2) is 0 Å². The molecule has 0 radical (unpaired) electrons. The minimum absolute atomic E-state index is 0.349. The largest absolute Gasteiger partial charge is 0.480 e. The summed E-state index contributed by atoms with van der Waals surface area (Å²) < 4.78 is 0. The van der Waals surface area contributed by atoms with E-state index in [1.165, 1.54) is 23.1 Å². The standard InChI is InChI=1S/C10H12ClNO3S2/c1-16-4-3-7(10(14)15)12-9(13)8-6(11)2-5-17-8/h2,5,7H,3-4H2,1H3,(H,12,13)(H,14,15). The first-order chi connectivity index (χ1) is 8.06. The molecule has 0 aliphatic heterocycles. The Balaban J connectivity index is 2.64. The summed E-state index contributed by atoms with van der Waals surface area (Å²) in [4.78, 5) is 23.0. The number of hydrogen-bond acceptors (Lipinski definition) is 4. The Morgan fingerprint density at radius 2 is 2.35 bits per heavy atom. The molecule has 0 aliphatic rings. The maximum absolute atomic E-state index is 11.7. The second-order valence-electron chi connectivity index (χ2n) is 3.24. The quantitative estimate of drug-likeness (QED) is 0.845. The van der Waals surface area contributed by atoms with Crippen LogP contribution in [0.2, 0.25) is 5.02 Å². The van der Waals surface area contributed by atoms with Crippen LogP contribution < -0.4 is 5.32 Å². The van der Waals surface area contributed by atoms with Crippen LogP contribution in [0.1, 0.15) is 16.1 Å². The molecular weight excluding hydrogens is 282 g/mol. The van der Waals surface area contributed by atoms with Crippen molar-refractivity contribution in [3.8, 4) is 0 Å². The van der Waals surface area contributed by atoms with Crippen molar-refractivity contribution < 1.29 is 14.7 Å². The van der Waals surface area contributed by atoms with Gasteiger partial charge in [-0.3, -0.25) is 4.79 Å². The molecule has 1 atom stereocenters. The van der Waals surface area contributed by atoms with Crippen molar-refractivity contribution in [1.29, 1.82) is 0 Å². The van der Waals surface area contributed by atoms with E-state index >= 15 is 0 Å². The molecule has 0 aromatic carbocycles. The lowest BCUT2D eigenvalue weighted by Crippen LogP contribution is -2.41. The van der Waals surface area contributed by atoms with E-state index in [4.69, 9.17) is 16.7 Å². The van der Waals surface area contributed by atoms with E-state index in [2.05, 4.69) is 5.32 Å². The number of amides is 1. The fourth-order valence-electron chi connectivity index (χ4n) is 1.17. The van der Waals surface area contributed by atoms with Crippen molar-refractivity contribution in [2.45, 2.75) is 12.5 Å². The zero-order valence-corrected chi connectivity index (χ0v) is 11.5. The van der Waals surface area contributed by atoms with Gasteiger partial charge in [0.05, 0.1) is 5.02 Å². The van der Waals surface area contributed by atoms with E-state index in [1.54, 1.807) is 11.4 Å². The van der Waals surface area contributed by atoms with Gasteiger partial charge < -0.3 is 10.4 Å². The molecule has 2 N–H and O–H groups in total. The molecular formula is C10H12ClNO3S2. The number of carbonyl (C=O) groups is 2. The van der Waals surface area contributed by atoms with E-state index in [0.717, 1.165) is 0 Å². The number of nitrogens with one attached hydrogen (secondary N) is 1. The third kappa shape index (κ3) is 4.22. The van der Waals surface area contributed by atoms with Gasteiger partial charge in [-0.2, -0.15) is 11.8 Å². The van der Waals surface area contributed by atoms with Gasteiger partial charge in [-0.25, -0.2) is 4.79 Å². The first kappa shape index (κ1) is 14.3.